The zero-order chi connectivity index (χ0) is 22.3. The predicted molar refractivity (Wildman–Crippen MR) is 125 cm³/mol. The lowest BCUT2D eigenvalue weighted by Gasteiger charge is -2.14. The third-order valence-corrected chi connectivity index (χ3v) is 5.47. The molecule has 1 unspecified atom stereocenters. The highest BCUT2D eigenvalue weighted by molar-refractivity contribution is 5.91. The van der Waals surface area contributed by atoms with Crippen molar-refractivity contribution in [3.63, 3.8) is 0 Å². The van der Waals surface area contributed by atoms with Gasteiger partial charge in [-0.1, -0.05) is 111 Å². The number of rotatable bonds is 21. The lowest BCUT2D eigenvalue weighted by atomic mass is 10.0. The normalized spacial score (nSPS) is 12.2. The van der Waals surface area contributed by atoms with Crippen molar-refractivity contribution in [2.24, 2.45) is 0 Å². The number of unbranched alkanes of at least 4 members (excludes halogenated alkanes) is 13. The third kappa shape index (κ3) is 20.0. The van der Waals surface area contributed by atoms with E-state index in [9.17, 15) is 9.59 Å². The quantitative estimate of drug-likeness (QED) is 0.108. The highest BCUT2D eigenvalue weighted by Gasteiger charge is 2.10. The molecule has 0 heterocycles. The van der Waals surface area contributed by atoms with E-state index in [0.717, 1.165) is 38.5 Å². The molecule has 0 amide bonds. The molecule has 1 atom stereocenters. The Hall–Kier alpha value is -1.32. The van der Waals surface area contributed by atoms with Crippen molar-refractivity contribution >= 4 is 11.9 Å². The molecule has 0 aliphatic heterocycles. The minimum atomic E-state index is -0.465. The molecule has 0 N–H and O–H groups in total. The Bertz CT molecular complexity index is 431. The van der Waals surface area contributed by atoms with Crippen LogP contribution < -0.4 is 0 Å². The summed E-state index contributed by atoms with van der Waals surface area (Å²) >= 11 is 0. The molecular weight excluding hydrogens is 376 g/mol. The second kappa shape index (κ2) is 22.4. The minimum absolute atomic E-state index is 0.0658. The van der Waals surface area contributed by atoms with Gasteiger partial charge in [0.05, 0.1) is 6.61 Å². The van der Waals surface area contributed by atoms with Crippen LogP contribution in [0, 0.1) is 0 Å². The first-order chi connectivity index (χ1) is 14.6. The van der Waals surface area contributed by atoms with E-state index in [-0.39, 0.29) is 6.10 Å². The first-order valence-electron chi connectivity index (χ1n) is 12.7. The Labute approximate surface area is 186 Å². The maximum atomic E-state index is 11.8. The first-order valence-corrected chi connectivity index (χ1v) is 12.7. The Balaban J connectivity index is 3.52. The molecule has 0 radical (unpaired) electrons. The Morgan fingerprint density at radius 2 is 1.10 bits per heavy atom. The topological polar surface area (TPSA) is 52.6 Å². The van der Waals surface area contributed by atoms with Crippen LogP contribution in [0.4, 0.5) is 0 Å². The molecule has 176 valence electrons. The number of hydrogen-bond acceptors (Lipinski definition) is 4. The van der Waals surface area contributed by atoms with E-state index >= 15 is 0 Å². The molecule has 0 aromatic heterocycles. The molecule has 0 bridgehead atoms. The molecule has 0 aromatic carbocycles. The fraction of sp³-hybridized carbons (Fsp3) is 0.846. The van der Waals surface area contributed by atoms with E-state index in [1.165, 1.54) is 82.8 Å². The molecular formula is C26H48O4. The molecule has 0 fully saturated rings. The summed E-state index contributed by atoms with van der Waals surface area (Å²) in [5, 5.41) is 0. The maximum Gasteiger partial charge on any atom is 0.331 e. The molecule has 0 aliphatic carbocycles. The number of carbonyl (C=O) groups is 2. The highest BCUT2D eigenvalue weighted by atomic mass is 16.5. The largest absolute Gasteiger partial charge is 0.463 e. The first kappa shape index (κ1) is 28.7. The van der Waals surface area contributed by atoms with Crippen molar-refractivity contribution in [1.82, 2.24) is 0 Å². The van der Waals surface area contributed by atoms with Crippen LogP contribution in [-0.4, -0.2) is 24.6 Å². The van der Waals surface area contributed by atoms with Crippen molar-refractivity contribution in [2.45, 2.75) is 136 Å². The highest BCUT2D eigenvalue weighted by Crippen LogP contribution is 2.12. The van der Waals surface area contributed by atoms with Gasteiger partial charge in [0.2, 0.25) is 0 Å². The molecule has 30 heavy (non-hydrogen) atoms. The van der Waals surface area contributed by atoms with Gasteiger partial charge in [-0.05, 0) is 19.3 Å². The monoisotopic (exact) mass is 424 g/mol. The van der Waals surface area contributed by atoms with E-state index in [0.29, 0.717) is 6.61 Å². The van der Waals surface area contributed by atoms with Gasteiger partial charge >= 0.3 is 11.9 Å². The summed E-state index contributed by atoms with van der Waals surface area (Å²) in [4.78, 5) is 23.4. The van der Waals surface area contributed by atoms with Gasteiger partial charge in [0.25, 0.3) is 0 Å². The van der Waals surface area contributed by atoms with E-state index < -0.39 is 11.9 Å². The second-order valence-electron chi connectivity index (χ2n) is 8.35. The van der Waals surface area contributed by atoms with E-state index in [4.69, 9.17) is 9.47 Å². The van der Waals surface area contributed by atoms with E-state index in [2.05, 4.69) is 13.8 Å². The summed E-state index contributed by atoms with van der Waals surface area (Å²) < 4.78 is 10.5. The summed E-state index contributed by atoms with van der Waals surface area (Å²) in [6.45, 7) is 6.80. The fourth-order valence-corrected chi connectivity index (χ4v) is 3.46. The predicted octanol–water partition coefficient (Wildman–Crippen LogP) is 7.69. The van der Waals surface area contributed by atoms with Crippen molar-refractivity contribution in [2.75, 3.05) is 6.61 Å². The minimum Gasteiger partial charge on any atom is -0.463 e. The van der Waals surface area contributed by atoms with Crippen LogP contribution in [0.2, 0.25) is 0 Å². The van der Waals surface area contributed by atoms with Crippen molar-refractivity contribution in [3.8, 4) is 0 Å². The summed E-state index contributed by atoms with van der Waals surface area (Å²) in [6, 6.07) is 0. The lowest BCUT2D eigenvalue weighted by Crippen LogP contribution is -2.16. The zero-order valence-electron chi connectivity index (χ0n) is 20.1. The average Bonchev–Trinajstić information content (AvgIpc) is 2.75. The van der Waals surface area contributed by atoms with Crippen LogP contribution in [0.5, 0.6) is 0 Å². The van der Waals surface area contributed by atoms with E-state index in [1.54, 1.807) is 0 Å². The molecule has 0 rings (SSSR count). The van der Waals surface area contributed by atoms with Crippen molar-refractivity contribution in [3.05, 3.63) is 12.2 Å². The molecule has 0 spiro atoms. The van der Waals surface area contributed by atoms with Gasteiger partial charge in [0, 0.05) is 12.2 Å². The van der Waals surface area contributed by atoms with Crippen LogP contribution in [-0.2, 0) is 19.1 Å². The average molecular weight is 425 g/mol. The van der Waals surface area contributed by atoms with Gasteiger partial charge < -0.3 is 9.47 Å². The van der Waals surface area contributed by atoms with Crippen LogP contribution in [0.3, 0.4) is 0 Å². The van der Waals surface area contributed by atoms with Gasteiger partial charge in [-0.15, -0.1) is 0 Å². The molecule has 0 aliphatic rings. The summed E-state index contributed by atoms with van der Waals surface area (Å²) in [7, 11) is 0. The number of ether oxygens (including phenoxy) is 2. The number of carbonyl (C=O) groups excluding carboxylic acids is 2. The molecule has 0 aromatic rings. The van der Waals surface area contributed by atoms with E-state index in [1.807, 2.05) is 6.92 Å². The number of esters is 2. The molecule has 4 heteroatoms. The van der Waals surface area contributed by atoms with Crippen LogP contribution in [0.15, 0.2) is 12.2 Å². The second-order valence-corrected chi connectivity index (χ2v) is 8.35. The van der Waals surface area contributed by atoms with Gasteiger partial charge in [-0.3, -0.25) is 0 Å². The fourth-order valence-electron chi connectivity index (χ4n) is 3.46. The van der Waals surface area contributed by atoms with Gasteiger partial charge in [-0.2, -0.15) is 0 Å². The van der Waals surface area contributed by atoms with Crippen LogP contribution in [0.1, 0.15) is 130 Å². The SMILES string of the molecule is CCCCCCCCCCCCCCCOC(=O)/C=C/C(=O)OC(CC)CCCC. The summed E-state index contributed by atoms with van der Waals surface area (Å²) in [5.74, 6) is -0.927. The number of hydrogen-bond donors (Lipinski definition) is 0. The maximum absolute atomic E-state index is 11.8. The van der Waals surface area contributed by atoms with Crippen molar-refractivity contribution < 1.29 is 19.1 Å². The smallest absolute Gasteiger partial charge is 0.331 e. The standard InChI is InChI=1S/C26H48O4/c1-4-7-9-10-11-12-13-14-15-16-17-18-19-23-29-25(27)21-22-26(28)30-24(6-3)20-8-5-2/h21-22,24H,4-20,23H2,1-3H3/b22-21+. The Kier molecular flexibility index (Phi) is 21.4. The summed E-state index contributed by atoms with van der Waals surface area (Å²) in [6.07, 6.45) is 22.9. The molecule has 0 saturated carbocycles. The van der Waals surface area contributed by atoms with Crippen LogP contribution in [0.25, 0.3) is 0 Å². The van der Waals surface area contributed by atoms with Gasteiger partial charge in [0.15, 0.2) is 0 Å². The van der Waals surface area contributed by atoms with Crippen LogP contribution >= 0.6 is 0 Å². The lowest BCUT2D eigenvalue weighted by molar-refractivity contribution is -0.144. The molecule has 0 saturated heterocycles. The van der Waals surface area contributed by atoms with Gasteiger partial charge in [-0.25, -0.2) is 9.59 Å². The Morgan fingerprint density at radius 3 is 1.60 bits per heavy atom. The third-order valence-electron chi connectivity index (χ3n) is 5.47. The Morgan fingerprint density at radius 1 is 0.633 bits per heavy atom. The zero-order valence-corrected chi connectivity index (χ0v) is 20.1. The van der Waals surface area contributed by atoms with Gasteiger partial charge in [0.1, 0.15) is 6.10 Å². The summed E-state index contributed by atoms with van der Waals surface area (Å²) in [5.41, 5.74) is 0. The molecule has 4 nitrogen and oxygen atoms in total. The van der Waals surface area contributed by atoms with Crippen molar-refractivity contribution in [1.29, 1.82) is 0 Å².